The van der Waals surface area contributed by atoms with Crippen molar-refractivity contribution >= 4 is 25.5 Å². The first-order valence-electron chi connectivity index (χ1n) is 26.1. The molecule has 1 aliphatic rings. The van der Waals surface area contributed by atoms with E-state index < -0.39 is 64.0 Å². The van der Waals surface area contributed by atoms with E-state index in [9.17, 15) is 39.2 Å². The number of aliphatic hydroxyl groups excluding tert-OH is 4. The van der Waals surface area contributed by atoms with E-state index >= 15 is 0 Å². The van der Waals surface area contributed by atoms with E-state index in [1.54, 1.807) is 12.2 Å². The average molecular weight is 947 g/mol. The van der Waals surface area contributed by atoms with E-state index in [0.29, 0.717) is 32.1 Å². The van der Waals surface area contributed by atoms with E-state index in [4.69, 9.17) is 23.6 Å². The van der Waals surface area contributed by atoms with Gasteiger partial charge in [-0.05, 0) is 31.6 Å². The molecule has 2 unspecified atom stereocenters. The number of phosphoric ester groups is 1. The third-order valence-corrected chi connectivity index (χ3v) is 13.8. The highest BCUT2D eigenvalue weighted by Crippen LogP contribution is 2.43. The molecular formula is C51H95O13P. The van der Waals surface area contributed by atoms with Crippen molar-refractivity contribution in [1.29, 1.82) is 0 Å². The van der Waals surface area contributed by atoms with E-state index in [1.807, 2.05) is 0 Å². The zero-order valence-electron chi connectivity index (χ0n) is 41.1. The zero-order valence-corrected chi connectivity index (χ0v) is 42.0. The quantitative estimate of drug-likeness (QED) is 0.0167. The van der Waals surface area contributed by atoms with Crippen molar-refractivity contribution in [3.63, 3.8) is 0 Å². The Labute approximate surface area is 394 Å². The third-order valence-electron chi connectivity index (χ3n) is 12.9. The SMILES string of the molecule is CCCCC[C@H](O)/C=C/[C@H]1[C@H](O)CC(=O)[C@@H]1CCCCCCC(=O)O[C@H](COC(=O)CCCCCCCCCCCCCCCCCCCCC(C)CC)COP(=O)(O)OC[C@@H](O)CO. The van der Waals surface area contributed by atoms with Crippen LogP contribution in [-0.4, -0.2) is 93.9 Å². The van der Waals surface area contributed by atoms with Crippen LogP contribution in [0.4, 0.5) is 0 Å². The molecule has 0 saturated heterocycles. The lowest BCUT2D eigenvalue weighted by Gasteiger charge is -2.20. The smallest absolute Gasteiger partial charge is 0.462 e. The lowest BCUT2D eigenvalue weighted by Crippen LogP contribution is -2.29. The van der Waals surface area contributed by atoms with Gasteiger partial charge in [-0.1, -0.05) is 193 Å². The first kappa shape index (κ1) is 61.3. The molecule has 14 heteroatoms. The number of aliphatic hydroxyl groups is 4. The fourth-order valence-electron chi connectivity index (χ4n) is 8.40. The Hall–Kier alpha value is -1.70. The molecule has 0 radical (unpaired) electrons. The summed E-state index contributed by atoms with van der Waals surface area (Å²) in [5, 5.41) is 39.2. The van der Waals surface area contributed by atoms with E-state index in [2.05, 4.69) is 20.8 Å². The molecule has 0 aromatic carbocycles. The lowest BCUT2D eigenvalue weighted by molar-refractivity contribution is -0.161. The van der Waals surface area contributed by atoms with Gasteiger partial charge in [0.1, 0.15) is 18.5 Å². The zero-order chi connectivity index (χ0) is 48.0. The number of phosphoric acid groups is 1. The maximum atomic E-state index is 12.8. The van der Waals surface area contributed by atoms with Crippen LogP contribution in [0.25, 0.3) is 0 Å². The molecule has 0 bridgehead atoms. The van der Waals surface area contributed by atoms with Gasteiger partial charge in [0.05, 0.1) is 32.0 Å². The highest BCUT2D eigenvalue weighted by atomic mass is 31.2. The van der Waals surface area contributed by atoms with Gasteiger partial charge < -0.3 is 34.8 Å². The Bertz CT molecular complexity index is 1260. The first-order valence-corrected chi connectivity index (χ1v) is 27.6. The van der Waals surface area contributed by atoms with Gasteiger partial charge >= 0.3 is 19.8 Å². The van der Waals surface area contributed by atoms with Gasteiger partial charge in [-0.15, -0.1) is 0 Å². The summed E-state index contributed by atoms with van der Waals surface area (Å²) in [4.78, 5) is 48.0. The predicted octanol–water partition coefficient (Wildman–Crippen LogP) is 11.2. The number of hydrogen-bond acceptors (Lipinski definition) is 12. The molecule has 1 rings (SSSR count). The number of unbranched alkanes of at least 4 members (excludes halogenated alkanes) is 22. The standard InChI is InChI=1S/C51H95O13P/c1-4-6-25-31-43(53)35-36-47-46(48(55)37-49(47)56)32-27-23-24-29-34-51(58)64-45(41-63-65(59,60)62-39-44(54)38-52)40-61-50(57)33-28-22-20-18-16-14-12-10-8-7-9-11-13-15-17-19-21-26-30-42(3)5-2/h35-36,42-47,49,52-54,56H,4-34,37-41H2,1-3H3,(H,59,60)/b36-35+/t42?,43-,44-,45+,46+,47+,49+/m0/s1. The highest BCUT2D eigenvalue weighted by Gasteiger charge is 2.39. The van der Waals surface area contributed by atoms with Gasteiger partial charge in [0.2, 0.25) is 0 Å². The minimum absolute atomic E-state index is 0.0262. The van der Waals surface area contributed by atoms with Crippen LogP contribution in [0, 0.1) is 17.8 Å². The molecule has 382 valence electrons. The Morgan fingerprint density at radius 1 is 0.692 bits per heavy atom. The summed E-state index contributed by atoms with van der Waals surface area (Å²) in [6.45, 7) is 4.43. The molecule has 0 heterocycles. The summed E-state index contributed by atoms with van der Waals surface area (Å²) in [6.07, 6.45) is 32.1. The van der Waals surface area contributed by atoms with Gasteiger partial charge in [0.15, 0.2) is 6.10 Å². The maximum Gasteiger partial charge on any atom is 0.472 e. The topological polar surface area (TPSA) is 206 Å². The fourth-order valence-corrected chi connectivity index (χ4v) is 9.19. The molecule has 8 atom stereocenters. The number of carbonyl (C=O) groups is 3. The molecule has 0 aromatic heterocycles. The van der Waals surface area contributed by atoms with Crippen LogP contribution < -0.4 is 0 Å². The molecule has 0 aliphatic heterocycles. The second-order valence-corrected chi connectivity index (χ2v) is 20.4. The molecule has 1 saturated carbocycles. The van der Waals surface area contributed by atoms with Gasteiger partial charge in [-0.2, -0.15) is 0 Å². The molecule has 1 aliphatic carbocycles. The summed E-state index contributed by atoms with van der Waals surface area (Å²) in [5.74, 6) is -0.789. The van der Waals surface area contributed by atoms with Crippen LogP contribution in [-0.2, 0) is 37.5 Å². The van der Waals surface area contributed by atoms with Gasteiger partial charge in [-0.25, -0.2) is 4.57 Å². The molecule has 13 nitrogen and oxygen atoms in total. The Morgan fingerprint density at radius 3 is 1.72 bits per heavy atom. The van der Waals surface area contributed by atoms with E-state index in [1.165, 1.54) is 103 Å². The number of hydrogen-bond donors (Lipinski definition) is 5. The van der Waals surface area contributed by atoms with Crippen molar-refractivity contribution in [3.8, 4) is 0 Å². The molecular weight excluding hydrogens is 852 g/mol. The Kier molecular flexibility index (Phi) is 37.9. The molecule has 0 amide bonds. The van der Waals surface area contributed by atoms with Crippen molar-refractivity contribution in [1.82, 2.24) is 0 Å². The van der Waals surface area contributed by atoms with Gasteiger partial charge in [-0.3, -0.25) is 23.4 Å². The average Bonchev–Trinajstić information content (AvgIpc) is 3.56. The van der Waals surface area contributed by atoms with E-state index in [-0.39, 0.29) is 43.5 Å². The molecule has 1 fully saturated rings. The summed E-state index contributed by atoms with van der Waals surface area (Å²) in [5.41, 5.74) is 0. The summed E-state index contributed by atoms with van der Waals surface area (Å²) in [7, 11) is -4.69. The first-order chi connectivity index (χ1) is 31.3. The highest BCUT2D eigenvalue weighted by molar-refractivity contribution is 7.47. The lowest BCUT2D eigenvalue weighted by atomic mass is 9.88. The van der Waals surface area contributed by atoms with Crippen LogP contribution in [0.3, 0.4) is 0 Å². The molecule has 5 N–H and O–H groups in total. The minimum Gasteiger partial charge on any atom is -0.462 e. The normalized spacial score (nSPS) is 19.3. The van der Waals surface area contributed by atoms with Crippen molar-refractivity contribution in [2.45, 2.75) is 251 Å². The van der Waals surface area contributed by atoms with Crippen molar-refractivity contribution in [2.75, 3.05) is 26.4 Å². The largest absolute Gasteiger partial charge is 0.472 e. The van der Waals surface area contributed by atoms with Crippen LogP contribution in [0.15, 0.2) is 12.2 Å². The van der Waals surface area contributed by atoms with Crippen LogP contribution in [0.1, 0.15) is 226 Å². The van der Waals surface area contributed by atoms with Gasteiger partial charge in [0, 0.05) is 31.1 Å². The molecule has 0 spiro atoms. The third kappa shape index (κ3) is 34.3. The fraction of sp³-hybridized carbons (Fsp3) is 0.902. The van der Waals surface area contributed by atoms with Gasteiger partial charge in [0.25, 0.3) is 0 Å². The minimum atomic E-state index is -4.69. The van der Waals surface area contributed by atoms with E-state index in [0.717, 1.165) is 57.3 Å². The second-order valence-electron chi connectivity index (χ2n) is 18.9. The number of ketones is 1. The van der Waals surface area contributed by atoms with Crippen LogP contribution in [0.5, 0.6) is 0 Å². The van der Waals surface area contributed by atoms with Crippen molar-refractivity contribution in [3.05, 3.63) is 12.2 Å². The Balaban J connectivity index is 2.31. The monoisotopic (exact) mass is 947 g/mol. The number of rotatable bonds is 45. The Morgan fingerprint density at radius 2 is 1.18 bits per heavy atom. The number of carbonyl (C=O) groups excluding carboxylic acids is 3. The van der Waals surface area contributed by atoms with Crippen LogP contribution in [0.2, 0.25) is 0 Å². The second kappa shape index (κ2) is 40.2. The van der Waals surface area contributed by atoms with Crippen molar-refractivity contribution in [2.24, 2.45) is 17.8 Å². The summed E-state index contributed by atoms with van der Waals surface area (Å²) in [6, 6.07) is 0. The van der Waals surface area contributed by atoms with Crippen LogP contribution >= 0.6 is 7.82 Å². The summed E-state index contributed by atoms with van der Waals surface area (Å²) < 4.78 is 32.9. The molecule has 0 aromatic rings. The maximum absolute atomic E-state index is 12.8. The number of esters is 2. The number of ether oxygens (including phenoxy) is 2. The van der Waals surface area contributed by atoms with Crippen molar-refractivity contribution < 1.29 is 62.8 Å². The number of Topliss-reactive ketones (excluding diaryl/α,β-unsaturated/α-hetero) is 1. The summed E-state index contributed by atoms with van der Waals surface area (Å²) >= 11 is 0. The molecule has 65 heavy (non-hydrogen) atoms. The predicted molar refractivity (Wildman–Crippen MR) is 257 cm³/mol.